The number of aliphatic hydroxyl groups excluding tert-OH is 1. The van der Waals surface area contributed by atoms with Crippen molar-refractivity contribution >= 4 is 5.91 Å². The fourth-order valence-electron chi connectivity index (χ4n) is 2.76. The molecule has 1 amide bonds. The lowest BCUT2D eigenvalue weighted by molar-refractivity contribution is -0.136. The molecule has 0 spiro atoms. The number of amides is 1. The number of rotatable bonds is 6. The Bertz CT molecular complexity index is 216. The van der Waals surface area contributed by atoms with Gasteiger partial charge >= 0.3 is 0 Å². The van der Waals surface area contributed by atoms with Crippen LogP contribution in [0.5, 0.6) is 0 Å². The lowest BCUT2D eigenvalue weighted by Crippen LogP contribution is -2.39. The fraction of sp³-hybridized carbons (Fsp3) is 0.933. The summed E-state index contributed by atoms with van der Waals surface area (Å²) in [4.78, 5) is 14.4. The van der Waals surface area contributed by atoms with E-state index in [2.05, 4.69) is 6.92 Å². The molecule has 0 aromatic heterocycles. The highest BCUT2D eigenvalue weighted by molar-refractivity contribution is 5.78. The van der Waals surface area contributed by atoms with Gasteiger partial charge in [0.05, 0.1) is 6.61 Å². The number of nitrogens with zero attached hydrogens (tertiary/aromatic N) is 1. The Balaban J connectivity index is 2.49. The molecule has 0 saturated heterocycles. The molecule has 0 radical (unpaired) electrons. The maximum atomic E-state index is 12.5. The monoisotopic (exact) mass is 255 g/mol. The molecule has 0 aliphatic heterocycles. The van der Waals surface area contributed by atoms with Crippen LogP contribution >= 0.6 is 0 Å². The van der Waals surface area contributed by atoms with Gasteiger partial charge in [0.25, 0.3) is 0 Å². The average molecular weight is 255 g/mol. The minimum atomic E-state index is 0.0855. The Morgan fingerprint density at radius 1 is 1.11 bits per heavy atom. The third kappa shape index (κ3) is 5.38. The van der Waals surface area contributed by atoms with E-state index in [1.54, 1.807) is 0 Å². The molecule has 0 atom stereocenters. The summed E-state index contributed by atoms with van der Waals surface area (Å²) in [6, 6.07) is 0. The van der Waals surface area contributed by atoms with Crippen LogP contribution in [-0.4, -0.2) is 35.6 Å². The summed E-state index contributed by atoms with van der Waals surface area (Å²) < 4.78 is 0. The predicted molar refractivity (Wildman–Crippen MR) is 74.4 cm³/mol. The summed E-state index contributed by atoms with van der Waals surface area (Å²) in [7, 11) is 0. The lowest BCUT2D eigenvalue weighted by Gasteiger charge is -2.28. The maximum Gasteiger partial charge on any atom is 0.225 e. The van der Waals surface area contributed by atoms with Crippen LogP contribution in [0.25, 0.3) is 0 Å². The van der Waals surface area contributed by atoms with Gasteiger partial charge in [-0.15, -0.1) is 0 Å². The van der Waals surface area contributed by atoms with Crippen molar-refractivity contribution in [2.45, 2.75) is 64.7 Å². The van der Waals surface area contributed by atoms with Crippen molar-refractivity contribution < 1.29 is 9.90 Å². The number of hydrogen-bond acceptors (Lipinski definition) is 2. The van der Waals surface area contributed by atoms with Gasteiger partial charge in [0.2, 0.25) is 5.91 Å². The van der Waals surface area contributed by atoms with Crippen molar-refractivity contribution in [1.29, 1.82) is 0 Å². The van der Waals surface area contributed by atoms with Crippen LogP contribution in [0.15, 0.2) is 0 Å². The molecule has 1 saturated carbocycles. The Kier molecular flexibility index (Phi) is 8.06. The van der Waals surface area contributed by atoms with Crippen LogP contribution in [0.2, 0.25) is 0 Å². The molecule has 3 nitrogen and oxygen atoms in total. The Morgan fingerprint density at radius 3 is 2.28 bits per heavy atom. The quantitative estimate of drug-likeness (QED) is 0.792. The highest BCUT2D eigenvalue weighted by Gasteiger charge is 2.23. The van der Waals surface area contributed by atoms with Crippen LogP contribution in [-0.2, 0) is 4.79 Å². The van der Waals surface area contributed by atoms with Crippen LogP contribution < -0.4 is 0 Å². The van der Waals surface area contributed by atoms with Crippen molar-refractivity contribution in [1.82, 2.24) is 4.90 Å². The molecule has 1 fully saturated rings. The summed E-state index contributed by atoms with van der Waals surface area (Å²) in [6.45, 7) is 3.54. The van der Waals surface area contributed by atoms with Crippen molar-refractivity contribution in [2.75, 3.05) is 19.7 Å². The number of aliphatic hydroxyl groups is 1. The summed E-state index contributed by atoms with van der Waals surface area (Å²) in [5.74, 6) is 0.508. The molecule has 0 unspecified atom stereocenters. The molecule has 18 heavy (non-hydrogen) atoms. The zero-order valence-corrected chi connectivity index (χ0v) is 11.9. The standard InChI is InChI=1S/C15H29NO2/c1-2-3-11-16(12-13-17)15(18)14-9-7-5-4-6-8-10-14/h14,17H,2-13H2,1H3. The minimum Gasteiger partial charge on any atom is -0.395 e. The van der Waals surface area contributed by atoms with E-state index in [1.807, 2.05) is 4.90 Å². The number of unbranched alkanes of at least 4 members (excludes halogenated alkanes) is 1. The molecule has 0 aromatic carbocycles. The molecule has 1 aliphatic rings. The molecule has 3 heteroatoms. The Morgan fingerprint density at radius 2 is 1.72 bits per heavy atom. The van der Waals surface area contributed by atoms with Gasteiger partial charge in [0.1, 0.15) is 0 Å². The van der Waals surface area contributed by atoms with E-state index in [0.717, 1.165) is 32.2 Å². The summed E-state index contributed by atoms with van der Waals surface area (Å²) in [5, 5.41) is 9.09. The van der Waals surface area contributed by atoms with Gasteiger partial charge in [-0.2, -0.15) is 0 Å². The largest absolute Gasteiger partial charge is 0.395 e. The van der Waals surface area contributed by atoms with Gasteiger partial charge in [0, 0.05) is 19.0 Å². The third-order valence-corrected chi connectivity index (χ3v) is 3.92. The van der Waals surface area contributed by atoms with Crippen molar-refractivity contribution in [3.05, 3.63) is 0 Å². The first-order valence-corrected chi connectivity index (χ1v) is 7.69. The lowest BCUT2D eigenvalue weighted by atomic mass is 9.90. The van der Waals surface area contributed by atoms with Crippen molar-refractivity contribution in [3.63, 3.8) is 0 Å². The molecule has 0 aromatic rings. The second-order valence-corrected chi connectivity index (χ2v) is 5.44. The molecule has 0 heterocycles. The van der Waals surface area contributed by atoms with Crippen LogP contribution in [0.1, 0.15) is 64.7 Å². The highest BCUT2D eigenvalue weighted by atomic mass is 16.3. The van der Waals surface area contributed by atoms with Gasteiger partial charge in [-0.1, -0.05) is 45.4 Å². The van der Waals surface area contributed by atoms with Crippen LogP contribution in [0.3, 0.4) is 0 Å². The normalized spacial score (nSPS) is 18.1. The number of hydrogen-bond donors (Lipinski definition) is 1. The first kappa shape index (κ1) is 15.5. The van der Waals surface area contributed by atoms with Crippen molar-refractivity contribution in [3.8, 4) is 0 Å². The van der Waals surface area contributed by atoms with Crippen LogP contribution in [0, 0.1) is 5.92 Å². The smallest absolute Gasteiger partial charge is 0.225 e. The average Bonchev–Trinajstić information content (AvgIpc) is 2.33. The highest BCUT2D eigenvalue weighted by Crippen LogP contribution is 2.24. The second-order valence-electron chi connectivity index (χ2n) is 5.44. The number of carbonyl (C=O) groups excluding carboxylic acids is 1. The first-order valence-electron chi connectivity index (χ1n) is 7.69. The Hall–Kier alpha value is -0.570. The van der Waals surface area contributed by atoms with Crippen LogP contribution in [0.4, 0.5) is 0 Å². The van der Waals surface area contributed by atoms with Gasteiger partial charge in [-0.3, -0.25) is 4.79 Å². The third-order valence-electron chi connectivity index (χ3n) is 3.92. The van der Waals surface area contributed by atoms with Gasteiger partial charge in [0.15, 0.2) is 0 Å². The second kappa shape index (κ2) is 9.37. The first-order chi connectivity index (χ1) is 8.79. The maximum absolute atomic E-state index is 12.5. The fourth-order valence-corrected chi connectivity index (χ4v) is 2.76. The zero-order chi connectivity index (χ0) is 13.2. The minimum absolute atomic E-state index is 0.0855. The van der Waals surface area contributed by atoms with Gasteiger partial charge in [-0.25, -0.2) is 0 Å². The van der Waals surface area contributed by atoms with Gasteiger partial charge < -0.3 is 10.0 Å². The SMILES string of the molecule is CCCCN(CCO)C(=O)C1CCCCCCC1. The molecule has 0 bridgehead atoms. The van der Waals surface area contributed by atoms with Crippen molar-refractivity contribution in [2.24, 2.45) is 5.92 Å². The molecule has 106 valence electrons. The number of carbonyl (C=O) groups is 1. The molecular formula is C15H29NO2. The molecule has 1 N–H and O–H groups in total. The molecular weight excluding hydrogens is 226 g/mol. The van der Waals surface area contributed by atoms with E-state index in [9.17, 15) is 4.79 Å². The van der Waals surface area contributed by atoms with Gasteiger partial charge in [-0.05, 0) is 19.3 Å². The molecule has 1 aliphatic carbocycles. The van der Waals surface area contributed by atoms with E-state index >= 15 is 0 Å². The summed E-state index contributed by atoms with van der Waals surface area (Å²) in [5.41, 5.74) is 0. The Labute approximate surface area is 112 Å². The van der Waals surface area contributed by atoms with E-state index < -0.39 is 0 Å². The zero-order valence-electron chi connectivity index (χ0n) is 11.9. The van der Waals surface area contributed by atoms with E-state index in [1.165, 1.54) is 32.1 Å². The van der Waals surface area contributed by atoms with E-state index in [0.29, 0.717) is 12.5 Å². The predicted octanol–water partition coefficient (Wildman–Crippen LogP) is 2.97. The van der Waals surface area contributed by atoms with E-state index in [-0.39, 0.29) is 12.5 Å². The molecule has 1 rings (SSSR count). The summed E-state index contributed by atoms with van der Waals surface area (Å²) in [6.07, 6.45) is 10.5. The van der Waals surface area contributed by atoms with E-state index in [4.69, 9.17) is 5.11 Å². The topological polar surface area (TPSA) is 40.5 Å². The summed E-state index contributed by atoms with van der Waals surface area (Å²) >= 11 is 0.